The fraction of sp³-hybridized carbons (Fsp3) is 0.889. The van der Waals surface area contributed by atoms with Crippen LogP contribution in [0.5, 0.6) is 0 Å². The van der Waals surface area contributed by atoms with Gasteiger partial charge in [-0.1, -0.05) is 6.92 Å². The maximum Gasteiger partial charge on any atom is 0.139 e. The van der Waals surface area contributed by atoms with Gasteiger partial charge in [0.05, 0.1) is 0 Å². The number of carbonyl (C=O) groups excluding carboxylic acids is 2. The fourth-order valence-electron chi connectivity index (χ4n) is 6.36. The van der Waals surface area contributed by atoms with Crippen LogP contribution >= 0.6 is 0 Å². The molecule has 0 bridgehead atoms. The molecular weight excluding hydrogens is 267 g/mol. The van der Waals surface area contributed by atoms with Crippen molar-refractivity contribution in [3.63, 3.8) is 0 Å². The molecule has 3 heteroatoms. The molecule has 0 N–H and O–H groups in total. The quantitative estimate of drug-likeness (QED) is 0.679. The van der Waals surface area contributed by atoms with Gasteiger partial charge in [0, 0.05) is 30.6 Å². The second kappa shape index (κ2) is 4.39. The van der Waals surface area contributed by atoms with E-state index in [1.165, 1.54) is 0 Å². The van der Waals surface area contributed by atoms with Crippen molar-refractivity contribution in [3.8, 4) is 0 Å². The monoisotopic (exact) mass is 292 g/mol. The molecule has 21 heavy (non-hydrogen) atoms. The summed E-state index contributed by atoms with van der Waals surface area (Å²) in [5, 5.41) is 0. The van der Waals surface area contributed by atoms with Crippen LogP contribution in [0.2, 0.25) is 0 Å². The van der Waals surface area contributed by atoms with Gasteiger partial charge in [-0.2, -0.15) is 0 Å². The molecule has 0 saturated heterocycles. The Labute approximate surface area is 125 Å². The van der Waals surface area contributed by atoms with Crippen LogP contribution in [-0.4, -0.2) is 17.2 Å². The summed E-state index contributed by atoms with van der Waals surface area (Å²) in [6, 6.07) is 0. The lowest BCUT2D eigenvalue weighted by Crippen LogP contribution is -2.56. The standard InChI is InChI=1S/C18H25FO2/c1-17-8-7-15-13(14(17)4-5-16(17)21)3-2-11-10-12(20)6-9-18(11,15)19/h11,13-15H,2-10H2,1H3/t11-,13+,14+,15+,17+,18-/m1/s1. The Bertz CT molecular complexity index is 501. The lowest BCUT2D eigenvalue weighted by atomic mass is 9.49. The molecule has 0 aromatic heterocycles. The molecule has 2 nitrogen and oxygen atoms in total. The smallest absolute Gasteiger partial charge is 0.139 e. The molecule has 4 rings (SSSR count). The first-order valence-corrected chi connectivity index (χ1v) is 8.69. The second-order valence-electron chi connectivity index (χ2n) is 8.24. The zero-order valence-corrected chi connectivity index (χ0v) is 12.9. The van der Waals surface area contributed by atoms with Crippen LogP contribution in [0.1, 0.15) is 64.7 Å². The predicted octanol–water partition coefficient (Wildman–Crippen LogP) is 3.87. The van der Waals surface area contributed by atoms with Gasteiger partial charge in [0.15, 0.2) is 0 Å². The van der Waals surface area contributed by atoms with Crippen molar-refractivity contribution in [2.45, 2.75) is 70.4 Å². The van der Waals surface area contributed by atoms with E-state index in [1.54, 1.807) is 0 Å². The van der Waals surface area contributed by atoms with Gasteiger partial charge in [-0.05, 0) is 56.3 Å². The Balaban J connectivity index is 1.65. The summed E-state index contributed by atoms with van der Waals surface area (Å²) in [6.45, 7) is 2.13. The van der Waals surface area contributed by atoms with E-state index in [0.29, 0.717) is 43.3 Å². The first-order valence-electron chi connectivity index (χ1n) is 8.69. The molecule has 4 aliphatic rings. The SMILES string of the molecule is C[C@]12CC[C@H]3[C@@H](CC[C@@H]4CC(=O)CC[C@@]43F)[C@@H]1CCC2=O. The minimum absolute atomic E-state index is 0.0403. The number of ketones is 2. The van der Waals surface area contributed by atoms with Gasteiger partial charge in [0.25, 0.3) is 0 Å². The molecule has 0 radical (unpaired) electrons. The minimum atomic E-state index is -1.12. The van der Waals surface area contributed by atoms with E-state index in [-0.39, 0.29) is 23.0 Å². The van der Waals surface area contributed by atoms with E-state index >= 15 is 4.39 Å². The summed E-state index contributed by atoms with van der Waals surface area (Å²) in [5.41, 5.74) is -1.29. The molecule has 0 aromatic rings. The van der Waals surface area contributed by atoms with Crippen LogP contribution < -0.4 is 0 Å². The zero-order valence-electron chi connectivity index (χ0n) is 12.9. The lowest BCUT2D eigenvalue weighted by molar-refractivity contribution is -0.151. The summed E-state index contributed by atoms with van der Waals surface area (Å²) in [5.74, 6) is 1.51. The summed E-state index contributed by atoms with van der Waals surface area (Å²) in [7, 11) is 0. The maximum atomic E-state index is 15.8. The summed E-state index contributed by atoms with van der Waals surface area (Å²) < 4.78 is 15.8. The highest BCUT2D eigenvalue weighted by molar-refractivity contribution is 5.87. The average molecular weight is 292 g/mol. The predicted molar refractivity (Wildman–Crippen MR) is 77.5 cm³/mol. The minimum Gasteiger partial charge on any atom is -0.300 e. The molecule has 0 heterocycles. The molecular formula is C18H25FO2. The first kappa shape index (κ1) is 13.9. The van der Waals surface area contributed by atoms with Crippen molar-refractivity contribution in [2.75, 3.05) is 0 Å². The Hall–Kier alpha value is -0.730. The lowest BCUT2D eigenvalue weighted by Gasteiger charge is -2.56. The van der Waals surface area contributed by atoms with Gasteiger partial charge in [0.1, 0.15) is 17.2 Å². The van der Waals surface area contributed by atoms with E-state index < -0.39 is 5.67 Å². The van der Waals surface area contributed by atoms with Crippen molar-refractivity contribution in [1.82, 2.24) is 0 Å². The third kappa shape index (κ3) is 1.75. The average Bonchev–Trinajstić information content (AvgIpc) is 2.76. The number of hydrogen-bond donors (Lipinski definition) is 0. The Morgan fingerprint density at radius 3 is 2.62 bits per heavy atom. The third-order valence-corrected chi connectivity index (χ3v) is 7.55. The molecule has 0 aliphatic heterocycles. The van der Waals surface area contributed by atoms with Gasteiger partial charge in [-0.15, -0.1) is 0 Å². The zero-order chi connectivity index (χ0) is 14.8. The molecule has 4 saturated carbocycles. The van der Waals surface area contributed by atoms with Crippen molar-refractivity contribution in [3.05, 3.63) is 0 Å². The summed E-state index contributed by atoms with van der Waals surface area (Å²) in [4.78, 5) is 24.0. The van der Waals surface area contributed by atoms with Crippen LogP contribution in [0.3, 0.4) is 0 Å². The van der Waals surface area contributed by atoms with Gasteiger partial charge in [0.2, 0.25) is 0 Å². The maximum absolute atomic E-state index is 15.8. The highest BCUT2D eigenvalue weighted by atomic mass is 19.1. The Kier molecular flexibility index (Phi) is 2.91. The number of Topliss-reactive ketones (excluding diaryl/α,β-unsaturated/α-hetero) is 2. The molecule has 0 spiro atoms. The van der Waals surface area contributed by atoms with E-state index in [9.17, 15) is 9.59 Å². The number of fused-ring (bicyclic) bond motifs is 5. The van der Waals surface area contributed by atoms with Crippen molar-refractivity contribution < 1.29 is 14.0 Å². The Morgan fingerprint density at radius 2 is 1.81 bits per heavy atom. The molecule has 4 fully saturated rings. The van der Waals surface area contributed by atoms with Gasteiger partial charge in [-0.3, -0.25) is 9.59 Å². The Morgan fingerprint density at radius 1 is 1.00 bits per heavy atom. The van der Waals surface area contributed by atoms with E-state index in [2.05, 4.69) is 6.92 Å². The summed E-state index contributed by atoms with van der Waals surface area (Å²) >= 11 is 0. The molecule has 0 unspecified atom stereocenters. The van der Waals surface area contributed by atoms with Gasteiger partial charge >= 0.3 is 0 Å². The van der Waals surface area contributed by atoms with Gasteiger partial charge in [-0.25, -0.2) is 4.39 Å². The topological polar surface area (TPSA) is 34.1 Å². The highest BCUT2D eigenvalue weighted by Gasteiger charge is 2.62. The number of halogens is 1. The molecule has 4 aliphatic carbocycles. The fourth-order valence-corrected chi connectivity index (χ4v) is 6.36. The molecule has 0 amide bonds. The van der Waals surface area contributed by atoms with Crippen LogP contribution in [0.4, 0.5) is 4.39 Å². The number of alkyl halides is 1. The highest BCUT2D eigenvalue weighted by Crippen LogP contribution is 2.63. The van der Waals surface area contributed by atoms with Gasteiger partial charge < -0.3 is 0 Å². The first-order chi connectivity index (χ1) is 9.95. The van der Waals surface area contributed by atoms with Crippen LogP contribution in [0, 0.1) is 29.1 Å². The molecule has 116 valence electrons. The van der Waals surface area contributed by atoms with Crippen molar-refractivity contribution in [2.24, 2.45) is 29.1 Å². The number of carbonyl (C=O) groups is 2. The normalized spacial score (nSPS) is 53.0. The second-order valence-corrected chi connectivity index (χ2v) is 8.24. The molecule has 0 aromatic carbocycles. The van der Waals surface area contributed by atoms with Crippen LogP contribution in [-0.2, 0) is 9.59 Å². The van der Waals surface area contributed by atoms with E-state index in [4.69, 9.17) is 0 Å². The van der Waals surface area contributed by atoms with Crippen LogP contribution in [0.25, 0.3) is 0 Å². The van der Waals surface area contributed by atoms with Crippen molar-refractivity contribution in [1.29, 1.82) is 0 Å². The largest absolute Gasteiger partial charge is 0.300 e. The summed E-state index contributed by atoms with van der Waals surface area (Å²) in [6.07, 6.45) is 6.59. The van der Waals surface area contributed by atoms with E-state index in [1.807, 2.05) is 0 Å². The molecule has 6 atom stereocenters. The van der Waals surface area contributed by atoms with Crippen molar-refractivity contribution >= 4 is 11.6 Å². The van der Waals surface area contributed by atoms with E-state index in [0.717, 1.165) is 32.1 Å². The number of hydrogen-bond acceptors (Lipinski definition) is 2. The van der Waals surface area contributed by atoms with Crippen LogP contribution in [0.15, 0.2) is 0 Å². The third-order valence-electron chi connectivity index (χ3n) is 7.55. The number of rotatable bonds is 0.